The topological polar surface area (TPSA) is 102 Å². The molecule has 8 nitrogen and oxygen atoms in total. The molecule has 1 aliphatic heterocycles. The van der Waals surface area contributed by atoms with Crippen LogP contribution in [0.2, 0.25) is 0 Å². The summed E-state index contributed by atoms with van der Waals surface area (Å²) in [5.74, 6) is -0.887. The van der Waals surface area contributed by atoms with E-state index < -0.39 is 28.0 Å². The second-order valence-electron chi connectivity index (χ2n) is 7.41. The lowest BCUT2D eigenvalue weighted by atomic mass is 10.2. The number of methoxy groups -OCH3 is 1. The van der Waals surface area contributed by atoms with Crippen molar-refractivity contribution < 1.29 is 27.5 Å². The Morgan fingerprint density at radius 2 is 1.67 bits per heavy atom. The summed E-state index contributed by atoms with van der Waals surface area (Å²) in [4.78, 5) is 24.5. The van der Waals surface area contributed by atoms with Crippen molar-refractivity contribution >= 4 is 33.3 Å². The number of sulfonamides is 1. The highest BCUT2D eigenvalue weighted by Gasteiger charge is 2.36. The second-order valence-corrected chi connectivity index (χ2v) is 9.30. The van der Waals surface area contributed by atoms with Crippen LogP contribution >= 0.6 is 0 Å². The van der Waals surface area contributed by atoms with Crippen molar-refractivity contribution in [2.45, 2.75) is 11.9 Å². The highest BCUT2D eigenvalue weighted by Crippen LogP contribution is 2.36. The molecule has 0 saturated heterocycles. The summed E-state index contributed by atoms with van der Waals surface area (Å²) in [5, 5.41) is 2.71. The molecule has 3 aromatic rings. The van der Waals surface area contributed by atoms with Gasteiger partial charge in [-0.3, -0.25) is 9.10 Å². The zero-order chi connectivity index (χ0) is 23.4. The SMILES string of the molecule is COC(=O)c1ccc(NC(=O)[C@@H]2CN(S(=O)(=O)Cc3ccccc3)c3ccccc3O2)cc1. The second kappa shape index (κ2) is 9.33. The number of para-hydroxylation sites is 2. The quantitative estimate of drug-likeness (QED) is 0.560. The molecule has 9 heteroatoms. The van der Waals surface area contributed by atoms with Gasteiger partial charge in [0.25, 0.3) is 5.91 Å². The molecular weight excluding hydrogens is 444 g/mol. The molecule has 0 unspecified atom stereocenters. The predicted molar refractivity (Wildman–Crippen MR) is 124 cm³/mol. The number of carbonyl (C=O) groups is 2. The minimum Gasteiger partial charge on any atom is -0.476 e. The fourth-order valence-electron chi connectivity index (χ4n) is 3.50. The number of hydrogen-bond acceptors (Lipinski definition) is 6. The molecule has 0 bridgehead atoms. The number of ether oxygens (including phenoxy) is 2. The molecule has 4 rings (SSSR count). The molecule has 170 valence electrons. The maximum atomic E-state index is 13.3. The van der Waals surface area contributed by atoms with Gasteiger partial charge in [0.2, 0.25) is 10.0 Å². The van der Waals surface area contributed by atoms with Gasteiger partial charge in [0, 0.05) is 5.69 Å². The van der Waals surface area contributed by atoms with E-state index in [1.54, 1.807) is 60.7 Å². The van der Waals surface area contributed by atoms with Crippen LogP contribution in [0.1, 0.15) is 15.9 Å². The van der Waals surface area contributed by atoms with Crippen LogP contribution in [0.25, 0.3) is 0 Å². The number of hydrogen-bond donors (Lipinski definition) is 1. The van der Waals surface area contributed by atoms with Crippen LogP contribution in [-0.4, -0.2) is 40.1 Å². The van der Waals surface area contributed by atoms with Gasteiger partial charge in [-0.2, -0.15) is 0 Å². The molecule has 1 heterocycles. The third kappa shape index (κ3) is 4.98. The highest BCUT2D eigenvalue weighted by atomic mass is 32.2. The first-order valence-electron chi connectivity index (χ1n) is 10.2. The van der Waals surface area contributed by atoms with Gasteiger partial charge in [-0.15, -0.1) is 0 Å². The molecule has 1 aliphatic rings. The predicted octanol–water partition coefficient (Wildman–Crippen LogP) is 3.21. The Kier molecular flexibility index (Phi) is 6.32. The van der Waals surface area contributed by atoms with Crippen molar-refractivity contribution in [2.24, 2.45) is 0 Å². The van der Waals surface area contributed by atoms with Crippen LogP contribution in [0.3, 0.4) is 0 Å². The molecule has 1 N–H and O–H groups in total. The van der Waals surface area contributed by atoms with E-state index in [1.807, 2.05) is 6.07 Å². The van der Waals surface area contributed by atoms with Crippen LogP contribution in [-0.2, 0) is 25.3 Å². The maximum Gasteiger partial charge on any atom is 0.337 e. The first kappa shape index (κ1) is 22.3. The number of nitrogens with zero attached hydrogens (tertiary/aromatic N) is 1. The minimum absolute atomic E-state index is 0.168. The molecule has 1 atom stereocenters. The molecule has 0 fully saturated rings. The third-order valence-corrected chi connectivity index (χ3v) is 6.84. The first-order chi connectivity index (χ1) is 15.9. The summed E-state index contributed by atoms with van der Waals surface area (Å²) in [6.07, 6.45) is -1.06. The molecule has 1 amide bonds. The van der Waals surface area contributed by atoms with Crippen molar-refractivity contribution in [3.05, 3.63) is 90.0 Å². The summed E-state index contributed by atoms with van der Waals surface area (Å²) in [7, 11) is -2.50. The van der Waals surface area contributed by atoms with E-state index >= 15 is 0 Å². The van der Waals surface area contributed by atoms with E-state index in [9.17, 15) is 18.0 Å². The van der Waals surface area contributed by atoms with E-state index in [1.165, 1.54) is 23.5 Å². The van der Waals surface area contributed by atoms with E-state index in [-0.39, 0.29) is 12.3 Å². The summed E-state index contributed by atoms with van der Waals surface area (Å²) in [5.41, 5.74) is 1.82. The normalized spacial score (nSPS) is 15.2. The Morgan fingerprint density at radius 1 is 1.00 bits per heavy atom. The number of fused-ring (bicyclic) bond motifs is 1. The van der Waals surface area contributed by atoms with Gasteiger partial charge >= 0.3 is 5.97 Å². The number of nitrogens with one attached hydrogen (secondary N) is 1. The Bertz CT molecular complexity index is 1260. The van der Waals surface area contributed by atoms with Crippen molar-refractivity contribution in [1.29, 1.82) is 0 Å². The molecule has 0 spiro atoms. The highest BCUT2D eigenvalue weighted by molar-refractivity contribution is 7.92. The van der Waals surface area contributed by atoms with E-state index in [2.05, 4.69) is 10.1 Å². The van der Waals surface area contributed by atoms with Gasteiger partial charge in [0.15, 0.2) is 6.10 Å². The first-order valence-corrected chi connectivity index (χ1v) is 11.8. The largest absolute Gasteiger partial charge is 0.476 e. The Hall–Kier alpha value is -3.85. The number of benzene rings is 3. The van der Waals surface area contributed by atoms with E-state index in [4.69, 9.17) is 4.74 Å². The van der Waals surface area contributed by atoms with Gasteiger partial charge in [0.05, 0.1) is 30.7 Å². The zero-order valence-electron chi connectivity index (χ0n) is 17.8. The summed E-state index contributed by atoms with van der Waals surface area (Å²) < 4.78 is 38.3. The van der Waals surface area contributed by atoms with Crippen molar-refractivity contribution in [1.82, 2.24) is 0 Å². The van der Waals surface area contributed by atoms with Gasteiger partial charge < -0.3 is 14.8 Å². The Balaban J connectivity index is 1.55. The van der Waals surface area contributed by atoms with Crippen LogP contribution in [0.4, 0.5) is 11.4 Å². The number of anilines is 2. The van der Waals surface area contributed by atoms with Crippen LogP contribution in [0, 0.1) is 0 Å². The summed E-state index contributed by atoms with van der Waals surface area (Å²) >= 11 is 0. The zero-order valence-corrected chi connectivity index (χ0v) is 18.6. The monoisotopic (exact) mass is 466 g/mol. The smallest absolute Gasteiger partial charge is 0.337 e. The van der Waals surface area contributed by atoms with Gasteiger partial charge in [-0.1, -0.05) is 42.5 Å². The van der Waals surface area contributed by atoms with E-state index in [0.29, 0.717) is 28.3 Å². The average molecular weight is 467 g/mol. The molecule has 0 radical (unpaired) electrons. The fourth-order valence-corrected chi connectivity index (χ4v) is 5.08. The summed E-state index contributed by atoms with van der Waals surface area (Å²) in [6, 6.07) is 21.7. The minimum atomic E-state index is -3.79. The lowest BCUT2D eigenvalue weighted by Crippen LogP contribution is -2.49. The standard InChI is InChI=1S/C24H22N2O6S/c1-31-24(28)18-11-13-19(14-12-18)25-23(27)22-15-26(20-9-5-6-10-21(20)32-22)33(29,30)16-17-7-3-2-4-8-17/h2-14,22H,15-16H2,1H3,(H,25,27)/t22-/m0/s1. The van der Waals surface area contributed by atoms with Gasteiger partial charge in [-0.05, 0) is 42.0 Å². The Morgan fingerprint density at radius 3 is 2.36 bits per heavy atom. The number of rotatable bonds is 6. The number of esters is 1. The molecule has 33 heavy (non-hydrogen) atoms. The van der Waals surface area contributed by atoms with Crippen LogP contribution in [0.15, 0.2) is 78.9 Å². The average Bonchev–Trinajstić information content (AvgIpc) is 2.83. The van der Waals surface area contributed by atoms with E-state index in [0.717, 1.165) is 0 Å². The molecule has 0 saturated carbocycles. The lowest BCUT2D eigenvalue weighted by Gasteiger charge is -2.34. The van der Waals surface area contributed by atoms with Crippen molar-refractivity contribution in [3.63, 3.8) is 0 Å². The third-order valence-electron chi connectivity index (χ3n) is 5.13. The number of amides is 1. The maximum absolute atomic E-state index is 13.3. The van der Waals surface area contributed by atoms with Crippen molar-refractivity contribution in [2.75, 3.05) is 23.3 Å². The fraction of sp³-hybridized carbons (Fsp3) is 0.167. The van der Waals surface area contributed by atoms with Crippen LogP contribution < -0.4 is 14.4 Å². The lowest BCUT2D eigenvalue weighted by molar-refractivity contribution is -0.122. The molecular formula is C24H22N2O6S. The Labute approximate surface area is 191 Å². The van der Waals surface area contributed by atoms with Gasteiger partial charge in [0.1, 0.15) is 5.75 Å². The molecule has 0 aliphatic carbocycles. The van der Waals surface area contributed by atoms with Gasteiger partial charge in [-0.25, -0.2) is 13.2 Å². The summed E-state index contributed by atoms with van der Waals surface area (Å²) in [6.45, 7) is -0.168. The molecule has 3 aromatic carbocycles. The van der Waals surface area contributed by atoms with Crippen molar-refractivity contribution in [3.8, 4) is 5.75 Å². The van der Waals surface area contributed by atoms with Crippen LogP contribution in [0.5, 0.6) is 5.75 Å². The number of carbonyl (C=O) groups excluding carboxylic acids is 2. The molecule has 0 aromatic heterocycles.